The highest BCUT2D eigenvalue weighted by molar-refractivity contribution is 7.89. The van der Waals surface area contributed by atoms with Crippen LogP contribution in [0.5, 0.6) is 0 Å². The van der Waals surface area contributed by atoms with Crippen LogP contribution in [0.1, 0.15) is 17.9 Å². The van der Waals surface area contributed by atoms with Gasteiger partial charge in [-0.1, -0.05) is 12.1 Å². The van der Waals surface area contributed by atoms with Crippen molar-refractivity contribution in [2.45, 2.75) is 17.7 Å². The molecule has 33 heavy (non-hydrogen) atoms. The zero-order valence-electron chi connectivity index (χ0n) is 17.6. The Kier molecular flexibility index (Phi) is 6.53. The van der Waals surface area contributed by atoms with E-state index in [9.17, 15) is 22.9 Å². The summed E-state index contributed by atoms with van der Waals surface area (Å²) in [5, 5.41) is 9.21. The predicted octanol–water partition coefficient (Wildman–Crippen LogP) is 2.82. The van der Waals surface area contributed by atoms with E-state index in [4.69, 9.17) is 4.42 Å². The van der Waals surface area contributed by atoms with Crippen LogP contribution in [0.4, 0.5) is 4.39 Å². The Hall–Kier alpha value is -3.55. The number of benzene rings is 2. The van der Waals surface area contributed by atoms with Crippen molar-refractivity contribution >= 4 is 15.9 Å². The summed E-state index contributed by atoms with van der Waals surface area (Å²) in [6.45, 7) is 0.835. The number of halogens is 1. The van der Waals surface area contributed by atoms with Crippen LogP contribution >= 0.6 is 0 Å². The molecule has 0 atom stereocenters. The number of amides is 1. The summed E-state index contributed by atoms with van der Waals surface area (Å²) in [5.74, 6) is 0.433. The number of piperazine rings is 1. The number of nitriles is 1. The third kappa shape index (κ3) is 4.94. The van der Waals surface area contributed by atoms with Crippen LogP contribution in [-0.4, -0.2) is 54.7 Å². The largest absolute Gasteiger partial charge is 0.441 e. The minimum atomic E-state index is -3.81. The first kappa shape index (κ1) is 22.6. The predicted molar refractivity (Wildman–Crippen MR) is 117 cm³/mol. The van der Waals surface area contributed by atoms with E-state index in [0.717, 1.165) is 0 Å². The molecule has 0 spiro atoms. The Balaban J connectivity index is 1.32. The normalized spacial score (nSPS) is 14.7. The third-order valence-electron chi connectivity index (χ3n) is 5.45. The summed E-state index contributed by atoms with van der Waals surface area (Å²) in [6, 6.07) is 13.8. The van der Waals surface area contributed by atoms with Gasteiger partial charge >= 0.3 is 0 Å². The lowest BCUT2D eigenvalue weighted by Crippen LogP contribution is -2.50. The fourth-order valence-corrected chi connectivity index (χ4v) is 5.21. The smallest absolute Gasteiger partial charge is 0.244 e. The fourth-order valence-electron chi connectivity index (χ4n) is 3.65. The fraction of sp³-hybridized carbons (Fsp3) is 0.261. The molecule has 170 valence electrons. The summed E-state index contributed by atoms with van der Waals surface area (Å²) in [6.07, 6.45) is 2.01. The van der Waals surface area contributed by atoms with Crippen LogP contribution in [0.2, 0.25) is 0 Å². The molecular weight excluding hydrogens is 447 g/mol. The van der Waals surface area contributed by atoms with Crippen LogP contribution in [0.3, 0.4) is 0 Å². The first-order valence-corrected chi connectivity index (χ1v) is 11.8. The Bertz CT molecular complexity index is 1290. The van der Waals surface area contributed by atoms with E-state index in [1.54, 1.807) is 29.2 Å². The van der Waals surface area contributed by atoms with E-state index in [1.165, 1.54) is 34.8 Å². The number of aromatic nitrogens is 1. The third-order valence-corrected chi connectivity index (χ3v) is 7.41. The maximum Gasteiger partial charge on any atom is 0.244 e. The zero-order chi connectivity index (χ0) is 23.4. The van der Waals surface area contributed by atoms with Crippen molar-refractivity contribution < 1.29 is 22.0 Å². The lowest BCUT2D eigenvalue weighted by Gasteiger charge is -2.34. The van der Waals surface area contributed by atoms with Gasteiger partial charge in [-0.25, -0.2) is 17.8 Å². The van der Waals surface area contributed by atoms with Crippen LogP contribution < -0.4 is 0 Å². The molecule has 0 bridgehead atoms. The second-order valence-corrected chi connectivity index (χ2v) is 9.42. The number of carbonyl (C=O) groups is 1. The standard InChI is InChI=1S/C23H21FN4O4S/c24-19-7-5-17(6-8-19)20-16-26-22(32-20)9-10-23(29)27-11-13-28(14-12-27)33(30,31)21-4-2-1-3-18(21)15-25/h1-8,16H,9-14H2. The van der Waals surface area contributed by atoms with Gasteiger partial charge in [0.05, 0.1) is 16.7 Å². The molecular formula is C23H21FN4O4S. The van der Waals surface area contributed by atoms with Crippen molar-refractivity contribution in [2.75, 3.05) is 26.2 Å². The second kappa shape index (κ2) is 9.52. The molecule has 0 unspecified atom stereocenters. The summed E-state index contributed by atoms with van der Waals surface area (Å²) in [7, 11) is -3.81. The van der Waals surface area contributed by atoms with E-state index >= 15 is 0 Å². The maximum atomic E-state index is 13.1. The van der Waals surface area contributed by atoms with Crippen molar-refractivity contribution in [1.29, 1.82) is 5.26 Å². The van der Waals surface area contributed by atoms with E-state index < -0.39 is 10.0 Å². The van der Waals surface area contributed by atoms with Crippen molar-refractivity contribution in [3.8, 4) is 17.4 Å². The van der Waals surface area contributed by atoms with E-state index in [1.807, 2.05) is 6.07 Å². The highest BCUT2D eigenvalue weighted by Gasteiger charge is 2.31. The molecule has 0 N–H and O–H groups in total. The van der Waals surface area contributed by atoms with Gasteiger partial charge in [-0.05, 0) is 36.4 Å². The molecule has 3 aromatic rings. The number of oxazole rings is 1. The van der Waals surface area contributed by atoms with E-state index in [-0.39, 0.29) is 54.8 Å². The van der Waals surface area contributed by atoms with Gasteiger partial charge in [0.1, 0.15) is 11.9 Å². The molecule has 1 amide bonds. The van der Waals surface area contributed by atoms with Crippen LogP contribution in [0.15, 0.2) is 64.0 Å². The van der Waals surface area contributed by atoms with Crippen molar-refractivity contribution in [1.82, 2.24) is 14.2 Å². The zero-order valence-corrected chi connectivity index (χ0v) is 18.5. The number of nitrogens with zero attached hydrogens (tertiary/aromatic N) is 4. The summed E-state index contributed by atoms with van der Waals surface area (Å²) in [5.41, 5.74) is 0.790. The summed E-state index contributed by atoms with van der Waals surface area (Å²) < 4.78 is 45.9. The molecule has 2 heterocycles. The van der Waals surface area contributed by atoms with Gasteiger partial charge in [-0.2, -0.15) is 9.57 Å². The van der Waals surface area contributed by atoms with Crippen molar-refractivity contribution in [2.24, 2.45) is 0 Å². The van der Waals surface area contributed by atoms with E-state index in [0.29, 0.717) is 23.6 Å². The van der Waals surface area contributed by atoms with Gasteiger partial charge in [-0.3, -0.25) is 4.79 Å². The van der Waals surface area contributed by atoms with Crippen LogP contribution in [0, 0.1) is 17.1 Å². The SMILES string of the molecule is N#Cc1ccccc1S(=O)(=O)N1CCN(C(=O)CCc2ncc(-c3ccc(F)cc3)o2)CC1. The van der Waals surface area contributed by atoms with Gasteiger partial charge in [0.15, 0.2) is 11.7 Å². The minimum absolute atomic E-state index is 0.0203. The molecule has 0 saturated carbocycles. The lowest BCUT2D eigenvalue weighted by molar-refractivity contribution is -0.132. The molecule has 0 radical (unpaired) electrons. The Morgan fingerprint density at radius 3 is 2.48 bits per heavy atom. The molecule has 1 saturated heterocycles. The molecule has 4 rings (SSSR count). The van der Waals surface area contributed by atoms with Gasteiger partial charge in [0.2, 0.25) is 15.9 Å². The monoisotopic (exact) mass is 468 g/mol. The molecule has 0 aliphatic carbocycles. The summed E-state index contributed by atoms with van der Waals surface area (Å²) >= 11 is 0. The van der Waals surface area contributed by atoms with Gasteiger partial charge in [0, 0.05) is 44.6 Å². The Labute approximate surface area is 190 Å². The highest BCUT2D eigenvalue weighted by Crippen LogP contribution is 2.23. The first-order valence-electron chi connectivity index (χ1n) is 10.4. The quantitative estimate of drug-likeness (QED) is 0.551. The van der Waals surface area contributed by atoms with Crippen LogP contribution in [-0.2, 0) is 21.2 Å². The molecule has 1 aromatic heterocycles. The number of carbonyl (C=O) groups excluding carboxylic acids is 1. The number of aryl methyl sites for hydroxylation is 1. The minimum Gasteiger partial charge on any atom is -0.441 e. The second-order valence-electron chi connectivity index (χ2n) is 7.52. The number of rotatable bonds is 6. The van der Waals surface area contributed by atoms with Gasteiger partial charge in [-0.15, -0.1) is 0 Å². The Morgan fingerprint density at radius 1 is 1.09 bits per heavy atom. The van der Waals surface area contributed by atoms with Gasteiger partial charge < -0.3 is 9.32 Å². The van der Waals surface area contributed by atoms with Gasteiger partial charge in [0.25, 0.3) is 0 Å². The Morgan fingerprint density at radius 2 is 1.79 bits per heavy atom. The number of hydrogen-bond acceptors (Lipinski definition) is 6. The molecule has 10 heteroatoms. The highest BCUT2D eigenvalue weighted by atomic mass is 32.2. The van der Waals surface area contributed by atoms with Crippen LogP contribution in [0.25, 0.3) is 11.3 Å². The molecule has 1 aliphatic rings. The van der Waals surface area contributed by atoms with Crippen molar-refractivity contribution in [3.05, 3.63) is 72.0 Å². The average molecular weight is 469 g/mol. The number of sulfonamides is 1. The molecule has 1 fully saturated rings. The topological polar surface area (TPSA) is 108 Å². The van der Waals surface area contributed by atoms with Crippen molar-refractivity contribution in [3.63, 3.8) is 0 Å². The lowest BCUT2D eigenvalue weighted by atomic mass is 10.2. The molecule has 8 nitrogen and oxygen atoms in total. The molecule has 2 aromatic carbocycles. The average Bonchev–Trinajstić information content (AvgIpc) is 3.32. The number of hydrogen-bond donors (Lipinski definition) is 0. The summed E-state index contributed by atoms with van der Waals surface area (Å²) in [4.78, 5) is 18.4. The van der Waals surface area contributed by atoms with E-state index in [2.05, 4.69) is 4.98 Å². The maximum absolute atomic E-state index is 13.1. The first-order chi connectivity index (χ1) is 15.9. The molecule has 1 aliphatic heterocycles.